The van der Waals surface area contributed by atoms with Crippen LogP contribution in [-0.4, -0.2) is 24.9 Å². The summed E-state index contributed by atoms with van der Waals surface area (Å²) in [6.45, 7) is 0. The minimum atomic E-state index is -2.92. The molecule has 3 N–H and O–H groups in total. The maximum atomic E-state index is 13.6. The first kappa shape index (κ1) is 13.4. The molecule has 1 aromatic rings. The summed E-state index contributed by atoms with van der Waals surface area (Å²) in [5.41, 5.74) is 2.98. The van der Waals surface area contributed by atoms with Gasteiger partial charge >= 0.3 is 0 Å². The highest BCUT2D eigenvalue weighted by atomic mass is 32.2. The van der Waals surface area contributed by atoms with E-state index in [1.807, 2.05) is 0 Å². The molecule has 0 amide bonds. The largest absolute Gasteiger partial charge is 0.271 e. The molecular weight excluding hydrogens is 257 g/mol. The molecule has 2 rings (SSSR count). The standard InChI is InChI=1S/C11H16FN3O2S/c12-10-6-14-3-1-9(10)11(15-13)5-8-2-4-18(16,17)7-8/h1,3,6,8,11,15H,2,4-5,7,13H2. The molecule has 0 radical (unpaired) electrons. The summed E-state index contributed by atoms with van der Waals surface area (Å²) in [7, 11) is -2.92. The van der Waals surface area contributed by atoms with Crippen molar-refractivity contribution in [3.8, 4) is 0 Å². The maximum Gasteiger partial charge on any atom is 0.150 e. The molecule has 7 heteroatoms. The van der Waals surface area contributed by atoms with Crippen LogP contribution in [0, 0.1) is 11.7 Å². The molecule has 2 atom stereocenters. The smallest absolute Gasteiger partial charge is 0.150 e. The van der Waals surface area contributed by atoms with Crippen molar-refractivity contribution in [1.29, 1.82) is 0 Å². The van der Waals surface area contributed by atoms with E-state index in [-0.39, 0.29) is 23.5 Å². The van der Waals surface area contributed by atoms with Crippen LogP contribution >= 0.6 is 0 Å². The summed E-state index contributed by atoms with van der Waals surface area (Å²) in [4.78, 5) is 3.68. The number of halogens is 1. The molecule has 0 saturated carbocycles. The van der Waals surface area contributed by atoms with Crippen molar-refractivity contribution in [3.63, 3.8) is 0 Å². The number of pyridine rings is 1. The van der Waals surface area contributed by atoms with Crippen molar-refractivity contribution in [2.45, 2.75) is 18.9 Å². The molecule has 2 unspecified atom stereocenters. The SMILES string of the molecule is NNC(CC1CCS(=O)(=O)C1)c1ccncc1F. The van der Waals surface area contributed by atoms with E-state index in [1.165, 1.54) is 6.20 Å². The van der Waals surface area contributed by atoms with Crippen molar-refractivity contribution in [2.24, 2.45) is 11.8 Å². The number of nitrogens with one attached hydrogen (secondary N) is 1. The van der Waals surface area contributed by atoms with E-state index in [0.29, 0.717) is 18.4 Å². The highest BCUT2D eigenvalue weighted by Gasteiger charge is 2.30. The molecule has 5 nitrogen and oxygen atoms in total. The van der Waals surface area contributed by atoms with E-state index in [1.54, 1.807) is 6.07 Å². The molecule has 0 bridgehead atoms. The van der Waals surface area contributed by atoms with E-state index >= 15 is 0 Å². The Bertz CT molecular complexity index is 521. The number of aromatic nitrogens is 1. The van der Waals surface area contributed by atoms with Gasteiger partial charge in [-0.3, -0.25) is 16.3 Å². The van der Waals surface area contributed by atoms with Gasteiger partial charge in [0.25, 0.3) is 0 Å². The number of hydrogen-bond acceptors (Lipinski definition) is 5. The summed E-state index contributed by atoms with van der Waals surface area (Å²) >= 11 is 0. The van der Waals surface area contributed by atoms with Crippen LogP contribution in [0.1, 0.15) is 24.4 Å². The van der Waals surface area contributed by atoms with Crippen molar-refractivity contribution >= 4 is 9.84 Å². The molecule has 1 fully saturated rings. The predicted octanol–water partition coefficient (Wildman–Crippen LogP) is 0.550. The Morgan fingerprint density at radius 3 is 2.94 bits per heavy atom. The molecule has 2 heterocycles. The van der Waals surface area contributed by atoms with Crippen LogP contribution in [0.15, 0.2) is 18.5 Å². The summed E-state index contributed by atoms with van der Waals surface area (Å²) in [5.74, 6) is 5.42. The fourth-order valence-electron chi connectivity index (χ4n) is 2.34. The van der Waals surface area contributed by atoms with E-state index < -0.39 is 15.7 Å². The molecule has 0 spiro atoms. The maximum absolute atomic E-state index is 13.6. The Morgan fingerprint density at radius 1 is 1.61 bits per heavy atom. The van der Waals surface area contributed by atoms with Gasteiger partial charge in [0, 0.05) is 17.8 Å². The minimum Gasteiger partial charge on any atom is -0.271 e. The summed E-state index contributed by atoms with van der Waals surface area (Å²) < 4.78 is 36.3. The van der Waals surface area contributed by atoms with Gasteiger partial charge < -0.3 is 0 Å². The molecule has 18 heavy (non-hydrogen) atoms. The lowest BCUT2D eigenvalue weighted by Gasteiger charge is -2.19. The number of sulfone groups is 1. The second-order valence-corrected chi connectivity index (χ2v) is 6.85. The lowest BCUT2D eigenvalue weighted by molar-refractivity contribution is 0.408. The Kier molecular flexibility index (Phi) is 3.94. The molecule has 1 aliphatic heterocycles. The van der Waals surface area contributed by atoms with E-state index in [2.05, 4.69) is 10.4 Å². The zero-order chi connectivity index (χ0) is 13.2. The predicted molar refractivity (Wildman–Crippen MR) is 65.6 cm³/mol. The second-order valence-electron chi connectivity index (χ2n) is 4.62. The third-order valence-electron chi connectivity index (χ3n) is 3.28. The summed E-state index contributed by atoms with van der Waals surface area (Å²) in [6.07, 6.45) is 3.75. The Morgan fingerprint density at radius 2 is 2.39 bits per heavy atom. The Balaban J connectivity index is 2.09. The third kappa shape index (κ3) is 3.04. The van der Waals surface area contributed by atoms with Gasteiger partial charge in [-0.2, -0.15) is 0 Å². The van der Waals surface area contributed by atoms with Gasteiger partial charge in [-0.15, -0.1) is 0 Å². The van der Waals surface area contributed by atoms with Gasteiger partial charge in [0.2, 0.25) is 0 Å². The van der Waals surface area contributed by atoms with Crippen molar-refractivity contribution < 1.29 is 12.8 Å². The third-order valence-corrected chi connectivity index (χ3v) is 5.11. The number of hydrazine groups is 1. The molecule has 100 valence electrons. The summed E-state index contributed by atoms with van der Waals surface area (Å²) in [6, 6.07) is 1.18. The average Bonchev–Trinajstić information content (AvgIpc) is 2.67. The lowest BCUT2D eigenvalue weighted by atomic mass is 9.95. The number of nitrogens with zero attached hydrogens (tertiary/aromatic N) is 1. The number of rotatable bonds is 4. The van der Waals surface area contributed by atoms with Crippen molar-refractivity contribution in [1.82, 2.24) is 10.4 Å². The van der Waals surface area contributed by atoms with Crippen LogP contribution in [0.4, 0.5) is 4.39 Å². The van der Waals surface area contributed by atoms with Gasteiger partial charge in [0.05, 0.1) is 17.7 Å². The monoisotopic (exact) mass is 273 g/mol. The van der Waals surface area contributed by atoms with Crippen molar-refractivity contribution in [3.05, 3.63) is 29.8 Å². The van der Waals surface area contributed by atoms with Gasteiger partial charge in [-0.25, -0.2) is 12.8 Å². The van der Waals surface area contributed by atoms with Gasteiger partial charge in [0.1, 0.15) is 5.82 Å². The fourth-order valence-corrected chi connectivity index (χ4v) is 4.22. The molecule has 0 aromatic carbocycles. The van der Waals surface area contributed by atoms with E-state index in [9.17, 15) is 12.8 Å². The number of nitrogens with two attached hydrogens (primary N) is 1. The molecular formula is C11H16FN3O2S. The van der Waals surface area contributed by atoms with Gasteiger partial charge in [0.15, 0.2) is 9.84 Å². The fraction of sp³-hybridized carbons (Fsp3) is 0.545. The van der Waals surface area contributed by atoms with Crippen LogP contribution in [0.2, 0.25) is 0 Å². The Labute approximate surface area is 105 Å². The average molecular weight is 273 g/mol. The zero-order valence-corrected chi connectivity index (χ0v) is 10.7. The molecule has 1 saturated heterocycles. The van der Waals surface area contributed by atoms with Crippen LogP contribution in [-0.2, 0) is 9.84 Å². The van der Waals surface area contributed by atoms with Gasteiger partial charge in [-0.1, -0.05) is 0 Å². The quantitative estimate of drug-likeness (QED) is 0.618. The zero-order valence-electron chi connectivity index (χ0n) is 9.84. The number of hydrogen-bond donors (Lipinski definition) is 2. The molecule has 1 aliphatic rings. The molecule has 0 aliphatic carbocycles. The topological polar surface area (TPSA) is 85.1 Å². The second kappa shape index (κ2) is 5.29. The highest BCUT2D eigenvalue weighted by Crippen LogP contribution is 2.29. The first-order valence-electron chi connectivity index (χ1n) is 5.78. The first-order chi connectivity index (χ1) is 8.52. The van der Waals surface area contributed by atoms with E-state index in [0.717, 1.165) is 6.20 Å². The molecule has 1 aromatic heterocycles. The minimum absolute atomic E-state index is 0.0311. The lowest BCUT2D eigenvalue weighted by Crippen LogP contribution is -2.30. The van der Waals surface area contributed by atoms with Crippen LogP contribution < -0.4 is 11.3 Å². The van der Waals surface area contributed by atoms with E-state index in [4.69, 9.17) is 5.84 Å². The summed E-state index contributed by atoms with van der Waals surface area (Å²) in [5, 5.41) is 0. The van der Waals surface area contributed by atoms with Crippen LogP contribution in [0.5, 0.6) is 0 Å². The Hall–Kier alpha value is -1.05. The highest BCUT2D eigenvalue weighted by molar-refractivity contribution is 7.91. The van der Waals surface area contributed by atoms with Crippen molar-refractivity contribution in [2.75, 3.05) is 11.5 Å². The van der Waals surface area contributed by atoms with Crippen LogP contribution in [0.3, 0.4) is 0 Å². The van der Waals surface area contributed by atoms with Gasteiger partial charge in [-0.05, 0) is 24.8 Å². The van der Waals surface area contributed by atoms with Crippen LogP contribution in [0.25, 0.3) is 0 Å². The first-order valence-corrected chi connectivity index (χ1v) is 7.60. The normalized spacial score (nSPS) is 24.0.